The molecule has 1 amide bonds. The maximum absolute atomic E-state index is 14.3. The van der Waals surface area contributed by atoms with Crippen LogP contribution in [0.25, 0.3) is 39.6 Å². The first kappa shape index (κ1) is 32.3. The van der Waals surface area contributed by atoms with E-state index in [2.05, 4.69) is 30.0 Å². The minimum absolute atomic E-state index is 0.154. The van der Waals surface area contributed by atoms with E-state index < -0.39 is 23.6 Å². The molecular formula is C35H24ClF4N9O2. The van der Waals surface area contributed by atoms with Gasteiger partial charge in [-0.25, -0.2) is 29.0 Å². The lowest BCUT2D eigenvalue weighted by Crippen LogP contribution is -2.22. The number of alkyl halides is 4. The maximum atomic E-state index is 14.3. The molecule has 1 aliphatic heterocycles. The molecule has 6 aromatic rings. The van der Waals surface area contributed by atoms with Crippen LogP contribution in [-0.2, 0) is 6.42 Å². The van der Waals surface area contributed by atoms with Gasteiger partial charge in [-0.05, 0) is 61.0 Å². The van der Waals surface area contributed by atoms with E-state index in [0.29, 0.717) is 64.9 Å². The molecule has 1 fully saturated rings. The number of halogens is 5. The molecule has 1 aliphatic carbocycles. The van der Waals surface area contributed by atoms with Crippen LogP contribution in [0.15, 0.2) is 85.6 Å². The summed E-state index contributed by atoms with van der Waals surface area (Å²) in [5, 5.41) is 7.52. The molecule has 16 heteroatoms. The maximum Gasteiger partial charge on any atom is 0.487 e. The van der Waals surface area contributed by atoms with Crippen LogP contribution in [0.5, 0.6) is 5.75 Å². The van der Waals surface area contributed by atoms with Gasteiger partial charge < -0.3 is 15.0 Å². The zero-order chi connectivity index (χ0) is 35.3. The van der Waals surface area contributed by atoms with Crippen molar-refractivity contribution in [1.82, 2.24) is 34.7 Å². The highest BCUT2D eigenvalue weighted by molar-refractivity contribution is 6.20. The van der Waals surface area contributed by atoms with Crippen LogP contribution in [0.4, 0.5) is 29.1 Å². The SMILES string of the molecule is O=C(Nc1ccc(OC(F)(F)Cl)cc1)c1cnc(N2CC[C@@H](F)C2)c(-c2cnc3c(c2)-c2nn(-c4nccc(-c5ccc(F)nc5)n4)cc2C3)c1. The average Bonchev–Trinajstić information content (AvgIpc) is 3.83. The van der Waals surface area contributed by atoms with Gasteiger partial charge in [-0.2, -0.15) is 9.49 Å². The van der Waals surface area contributed by atoms with E-state index in [1.54, 1.807) is 35.3 Å². The molecule has 0 spiro atoms. The molecule has 0 saturated carbocycles. The van der Waals surface area contributed by atoms with E-state index in [-0.39, 0.29) is 17.9 Å². The van der Waals surface area contributed by atoms with Crippen molar-refractivity contribution in [2.45, 2.75) is 24.6 Å². The van der Waals surface area contributed by atoms with Crippen LogP contribution in [0.3, 0.4) is 0 Å². The third-order valence-electron chi connectivity index (χ3n) is 8.46. The number of carbonyl (C=O) groups is 1. The highest BCUT2D eigenvalue weighted by atomic mass is 35.5. The Balaban J connectivity index is 1.11. The van der Waals surface area contributed by atoms with Crippen LogP contribution < -0.4 is 15.0 Å². The highest BCUT2D eigenvalue weighted by Gasteiger charge is 2.30. The number of rotatable bonds is 8. The number of fused-ring (bicyclic) bond motifs is 3. The van der Waals surface area contributed by atoms with Gasteiger partial charge in [0.15, 0.2) is 0 Å². The Labute approximate surface area is 292 Å². The van der Waals surface area contributed by atoms with Crippen molar-refractivity contribution in [2.75, 3.05) is 23.3 Å². The van der Waals surface area contributed by atoms with Crippen molar-refractivity contribution in [3.05, 3.63) is 108 Å². The van der Waals surface area contributed by atoms with Crippen LogP contribution in [0, 0.1) is 5.95 Å². The molecule has 5 aromatic heterocycles. The first-order chi connectivity index (χ1) is 24.6. The second kappa shape index (κ2) is 12.7. The quantitative estimate of drug-likeness (QED) is 0.102. The molecule has 11 nitrogen and oxygen atoms in total. The Morgan fingerprint density at radius 3 is 2.53 bits per heavy atom. The summed E-state index contributed by atoms with van der Waals surface area (Å²) in [6, 6.07) is 13.4. The minimum atomic E-state index is -3.87. The number of hydrogen-bond acceptors (Lipinski definition) is 9. The Kier molecular flexibility index (Phi) is 8.05. The predicted octanol–water partition coefficient (Wildman–Crippen LogP) is 6.86. The molecule has 1 aromatic carbocycles. The largest absolute Gasteiger partial charge is 0.487 e. The monoisotopic (exact) mass is 713 g/mol. The highest BCUT2D eigenvalue weighted by Crippen LogP contribution is 2.40. The van der Waals surface area contributed by atoms with E-state index in [0.717, 1.165) is 16.8 Å². The Bertz CT molecular complexity index is 2280. The number of ether oxygens (including phenoxy) is 1. The van der Waals surface area contributed by atoms with E-state index in [1.165, 1.54) is 42.7 Å². The summed E-state index contributed by atoms with van der Waals surface area (Å²) in [5.41, 5.74) is 2.21. The number of anilines is 2. The molecular weight excluding hydrogens is 690 g/mol. The molecule has 2 aliphatic rings. The number of hydrogen-bond donors (Lipinski definition) is 1. The lowest BCUT2D eigenvalue weighted by atomic mass is 10.0. The zero-order valence-electron chi connectivity index (χ0n) is 26.3. The molecule has 0 unspecified atom stereocenters. The molecule has 1 saturated heterocycles. The molecule has 6 heterocycles. The lowest BCUT2D eigenvalue weighted by molar-refractivity contribution is -0.0964. The van der Waals surface area contributed by atoms with Gasteiger partial charge in [0, 0.05) is 89.1 Å². The van der Waals surface area contributed by atoms with Gasteiger partial charge in [-0.3, -0.25) is 9.78 Å². The molecule has 1 atom stereocenters. The van der Waals surface area contributed by atoms with E-state index in [4.69, 9.17) is 21.7 Å². The fourth-order valence-electron chi connectivity index (χ4n) is 6.08. The molecule has 51 heavy (non-hydrogen) atoms. The average molecular weight is 714 g/mol. The minimum Gasteiger partial charge on any atom is -0.420 e. The topological polar surface area (TPSA) is 124 Å². The summed E-state index contributed by atoms with van der Waals surface area (Å²) in [6.45, 7) is 0.601. The normalized spacial score (nSPS) is 15.1. The van der Waals surface area contributed by atoms with E-state index >= 15 is 0 Å². The Morgan fingerprint density at radius 1 is 0.961 bits per heavy atom. The van der Waals surface area contributed by atoms with Gasteiger partial charge >= 0.3 is 5.57 Å². The molecule has 0 bridgehead atoms. The summed E-state index contributed by atoms with van der Waals surface area (Å²) < 4.78 is 59.6. The van der Waals surface area contributed by atoms with Gasteiger partial charge in [-0.15, -0.1) is 8.78 Å². The van der Waals surface area contributed by atoms with Gasteiger partial charge in [0.1, 0.15) is 17.7 Å². The summed E-state index contributed by atoms with van der Waals surface area (Å²) >= 11 is 4.83. The van der Waals surface area contributed by atoms with Crippen molar-refractivity contribution >= 4 is 29.0 Å². The van der Waals surface area contributed by atoms with Gasteiger partial charge in [0.25, 0.3) is 11.9 Å². The van der Waals surface area contributed by atoms with Gasteiger partial charge in [-0.1, -0.05) is 0 Å². The van der Waals surface area contributed by atoms with Crippen LogP contribution >= 0.6 is 11.6 Å². The predicted molar refractivity (Wildman–Crippen MR) is 179 cm³/mol. The second-order valence-electron chi connectivity index (χ2n) is 11.9. The number of pyridine rings is 3. The third-order valence-corrected chi connectivity index (χ3v) is 8.54. The Morgan fingerprint density at radius 2 is 1.78 bits per heavy atom. The smallest absolute Gasteiger partial charge is 0.420 e. The van der Waals surface area contributed by atoms with E-state index in [9.17, 15) is 22.4 Å². The third kappa shape index (κ3) is 6.67. The van der Waals surface area contributed by atoms with Gasteiger partial charge in [0.2, 0.25) is 5.95 Å². The molecule has 256 valence electrons. The first-order valence-electron chi connectivity index (χ1n) is 15.7. The summed E-state index contributed by atoms with van der Waals surface area (Å²) in [7, 11) is 0. The van der Waals surface area contributed by atoms with Crippen molar-refractivity contribution in [3.63, 3.8) is 0 Å². The number of benzene rings is 1. The fraction of sp³-hybridized carbons (Fsp3) is 0.171. The van der Waals surface area contributed by atoms with E-state index in [1.807, 2.05) is 17.2 Å². The standard InChI is InChI=1S/C35H24ClF4N9O2/c36-35(39,40)51-25-4-2-24(3-5-25)45-33(50)21-12-26(32(44-16-21)48-10-8-23(37)18-48)20-11-27-29(42-15-20)13-22-17-49(47-31(22)27)34-41-9-7-28(46-34)19-1-6-30(38)43-14-19/h1-7,9,11-12,14-17,23H,8,10,13,18H2,(H,45,50)/t23-/m1/s1. The van der Waals surface area contributed by atoms with Crippen LogP contribution in [-0.4, -0.2) is 65.4 Å². The second-order valence-corrected chi connectivity index (χ2v) is 12.3. The van der Waals surface area contributed by atoms with Crippen molar-refractivity contribution in [1.29, 1.82) is 0 Å². The van der Waals surface area contributed by atoms with Crippen LogP contribution in [0.2, 0.25) is 0 Å². The number of carbonyl (C=O) groups excluding carboxylic acids is 1. The summed E-state index contributed by atoms with van der Waals surface area (Å²) in [5.74, 6) is -0.465. The Hall–Kier alpha value is -5.96. The molecule has 8 rings (SSSR count). The number of aromatic nitrogens is 7. The first-order valence-corrected chi connectivity index (χ1v) is 16.0. The zero-order valence-corrected chi connectivity index (χ0v) is 27.0. The lowest BCUT2D eigenvalue weighted by Gasteiger charge is -2.21. The summed E-state index contributed by atoms with van der Waals surface area (Å²) in [4.78, 5) is 37.2. The van der Waals surface area contributed by atoms with Crippen molar-refractivity contribution < 1.29 is 27.1 Å². The van der Waals surface area contributed by atoms with Crippen molar-refractivity contribution in [2.24, 2.45) is 0 Å². The molecule has 1 N–H and O–H groups in total. The fourth-order valence-corrected chi connectivity index (χ4v) is 6.17. The number of nitrogens with one attached hydrogen (secondary N) is 1. The van der Waals surface area contributed by atoms with Crippen molar-refractivity contribution in [3.8, 4) is 45.3 Å². The number of amides is 1. The number of nitrogens with zero attached hydrogens (tertiary/aromatic N) is 8. The summed E-state index contributed by atoms with van der Waals surface area (Å²) in [6.07, 6.45) is 7.77. The molecule has 0 radical (unpaired) electrons. The van der Waals surface area contributed by atoms with Gasteiger partial charge in [0.05, 0.1) is 29.2 Å². The van der Waals surface area contributed by atoms with Crippen LogP contribution in [0.1, 0.15) is 28.0 Å².